The minimum Gasteiger partial charge on any atom is -0.322 e. The average molecular weight is 320 g/mol. The van der Waals surface area contributed by atoms with Gasteiger partial charge in [-0.15, -0.1) is 0 Å². The number of rotatable bonds is 4. The number of anilines is 1. The van der Waals surface area contributed by atoms with Gasteiger partial charge in [0.25, 0.3) is 11.6 Å². The van der Waals surface area contributed by atoms with Gasteiger partial charge >= 0.3 is 0 Å². The van der Waals surface area contributed by atoms with Gasteiger partial charge in [0, 0.05) is 35.8 Å². The summed E-state index contributed by atoms with van der Waals surface area (Å²) in [7, 11) is 0. The summed E-state index contributed by atoms with van der Waals surface area (Å²) in [6.45, 7) is 0. The van der Waals surface area contributed by atoms with Crippen LogP contribution in [-0.4, -0.2) is 20.8 Å². The second kappa shape index (κ2) is 6.66. The molecule has 0 atom stereocenters. The summed E-state index contributed by atoms with van der Waals surface area (Å²) < 4.78 is 0. The number of hydrogen-bond acceptors (Lipinski definition) is 5. The zero-order valence-corrected chi connectivity index (χ0v) is 12.4. The molecule has 0 aliphatic heterocycles. The quantitative estimate of drug-likeness (QED) is 0.587. The third-order valence-corrected chi connectivity index (χ3v) is 3.28. The maximum Gasteiger partial charge on any atom is 0.269 e. The van der Waals surface area contributed by atoms with E-state index in [0.29, 0.717) is 17.1 Å². The number of carbonyl (C=O) groups is 1. The van der Waals surface area contributed by atoms with Gasteiger partial charge in [-0.3, -0.25) is 14.9 Å². The van der Waals surface area contributed by atoms with Crippen molar-refractivity contribution >= 4 is 17.3 Å². The number of non-ortho nitro benzene ring substituents is 1. The highest BCUT2D eigenvalue weighted by Crippen LogP contribution is 2.17. The molecule has 0 fully saturated rings. The van der Waals surface area contributed by atoms with E-state index in [2.05, 4.69) is 15.3 Å². The van der Waals surface area contributed by atoms with Crippen molar-refractivity contribution in [3.8, 4) is 11.4 Å². The van der Waals surface area contributed by atoms with Crippen LogP contribution in [0, 0.1) is 10.1 Å². The normalized spacial score (nSPS) is 10.2. The van der Waals surface area contributed by atoms with Gasteiger partial charge in [-0.1, -0.05) is 30.3 Å². The minimum absolute atomic E-state index is 0.0384. The van der Waals surface area contributed by atoms with E-state index in [4.69, 9.17) is 0 Å². The van der Waals surface area contributed by atoms with Gasteiger partial charge in [-0.2, -0.15) is 0 Å². The van der Waals surface area contributed by atoms with E-state index in [1.54, 1.807) is 0 Å². The second-order valence-electron chi connectivity index (χ2n) is 4.92. The van der Waals surface area contributed by atoms with E-state index < -0.39 is 4.92 Å². The van der Waals surface area contributed by atoms with Gasteiger partial charge in [-0.05, 0) is 12.1 Å². The lowest BCUT2D eigenvalue weighted by atomic mass is 10.2. The molecule has 3 rings (SSSR count). The maximum absolute atomic E-state index is 12.2. The van der Waals surface area contributed by atoms with Crippen molar-refractivity contribution < 1.29 is 9.72 Å². The monoisotopic (exact) mass is 320 g/mol. The SMILES string of the molecule is O=C(Nc1ccc([N+](=O)[O-])cc1)c1cnc(-c2ccccc2)nc1. The minimum atomic E-state index is -0.498. The van der Waals surface area contributed by atoms with Crippen molar-refractivity contribution in [1.29, 1.82) is 0 Å². The van der Waals surface area contributed by atoms with Crippen LogP contribution >= 0.6 is 0 Å². The first-order valence-corrected chi connectivity index (χ1v) is 7.07. The lowest BCUT2D eigenvalue weighted by Crippen LogP contribution is -2.12. The Labute approximate surface area is 137 Å². The first-order chi connectivity index (χ1) is 11.6. The molecule has 1 N–H and O–H groups in total. The molecule has 3 aromatic rings. The lowest BCUT2D eigenvalue weighted by molar-refractivity contribution is -0.384. The largest absolute Gasteiger partial charge is 0.322 e. The zero-order valence-electron chi connectivity index (χ0n) is 12.4. The summed E-state index contributed by atoms with van der Waals surface area (Å²) in [5.74, 6) is 0.144. The molecule has 0 aliphatic carbocycles. The molecule has 0 radical (unpaired) electrons. The Morgan fingerprint density at radius 2 is 1.58 bits per heavy atom. The number of hydrogen-bond donors (Lipinski definition) is 1. The molecular weight excluding hydrogens is 308 g/mol. The summed E-state index contributed by atoms with van der Waals surface area (Å²) in [5.41, 5.74) is 1.58. The fourth-order valence-corrected chi connectivity index (χ4v) is 2.05. The van der Waals surface area contributed by atoms with Crippen LogP contribution in [-0.2, 0) is 0 Å². The molecule has 0 aliphatic rings. The van der Waals surface area contributed by atoms with Crippen LogP contribution < -0.4 is 5.32 Å². The average Bonchev–Trinajstić information content (AvgIpc) is 2.63. The van der Waals surface area contributed by atoms with Crippen molar-refractivity contribution in [2.24, 2.45) is 0 Å². The van der Waals surface area contributed by atoms with Crippen molar-refractivity contribution in [3.05, 3.63) is 82.7 Å². The Hall–Kier alpha value is -3.61. The van der Waals surface area contributed by atoms with Crippen LogP contribution in [0.15, 0.2) is 67.0 Å². The molecule has 1 heterocycles. The number of aromatic nitrogens is 2. The molecule has 7 heteroatoms. The van der Waals surface area contributed by atoms with E-state index in [1.807, 2.05) is 30.3 Å². The molecule has 0 unspecified atom stereocenters. The van der Waals surface area contributed by atoms with E-state index >= 15 is 0 Å². The Kier molecular flexibility index (Phi) is 4.24. The number of nitro groups is 1. The summed E-state index contributed by atoms with van der Waals surface area (Å²) in [6.07, 6.45) is 2.88. The number of amides is 1. The predicted octanol–water partition coefficient (Wildman–Crippen LogP) is 3.30. The Morgan fingerprint density at radius 3 is 2.17 bits per heavy atom. The number of nitrogens with one attached hydrogen (secondary N) is 1. The van der Waals surface area contributed by atoms with E-state index in [-0.39, 0.29) is 11.6 Å². The van der Waals surface area contributed by atoms with E-state index in [0.717, 1.165) is 5.56 Å². The van der Waals surface area contributed by atoms with Gasteiger partial charge in [0.15, 0.2) is 5.82 Å². The molecule has 0 saturated heterocycles. The molecular formula is C17H12N4O3. The van der Waals surface area contributed by atoms with Gasteiger partial charge < -0.3 is 5.32 Å². The second-order valence-corrected chi connectivity index (χ2v) is 4.92. The summed E-state index contributed by atoms with van der Waals surface area (Å²) in [4.78, 5) is 30.6. The van der Waals surface area contributed by atoms with Gasteiger partial charge in [0.05, 0.1) is 10.5 Å². The zero-order chi connectivity index (χ0) is 16.9. The van der Waals surface area contributed by atoms with E-state index in [9.17, 15) is 14.9 Å². The molecule has 1 aromatic heterocycles. The Bertz CT molecular complexity index is 863. The molecule has 0 bridgehead atoms. The van der Waals surface area contributed by atoms with Crippen LogP contribution in [0.2, 0.25) is 0 Å². The van der Waals surface area contributed by atoms with Crippen LogP contribution in [0.25, 0.3) is 11.4 Å². The number of benzene rings is 2. The summed E-state index contributed by atoms with van der Waals surface area (Å²) in [6, 6.07) is 15.0. The highest BCUT2D eigenvalue weighted by atomic mass is 16.6. The van der Waals surface area contributed by atoms with Crippen LogP contribution in [0.5, 0.6) is 0 Å². The molecule has 2 aromatic carbocycles. The molecule has 7 nitrogen and oxygen atoms in total. The fraction of sp³-hybridized carbons (Fsp3) is 0. The number of nitrogens with zero attached hydrogens (tertiary/aromatic N) is 3. The first-order valence-electron chi connectivity index (χ1n) is 7.07. The molecule has 1 amide bonds. The van der Waals surface area contributed by atoms with Gasteiger partial charge in [-0.25, -0.2) is 9.97 Å². The summed E-state index contributed by atoms with van der Waals surface area (Å²) >= 11 is 0. The Morgan fingerprint density at radius 1 is 0.958 bits per heavy atom. The summed E-state index contributed by atoms with van der Waals surface area (Å²) in [5, 5.41) is 13.2. The van der Waals surface area contributed by atoms with Crippen molar-refractivity contribution in [2.45, 2.75) is 0 Å². The predicted molar refractivity (Wildman–Crippen MR) is 88.5 cm³/mol. The molecule has 0 saturated carbocycles. The standard InChI is InChI=1S/C17H12N4O3/c22-17(20-14-6-8-15(9-7-14)21(23)24)13-10-18-16(19-11-13)12-4-2-1-3-5-12/h1-11H,(H,20,22). The van der Waals surface area contributed by atoms with Gasteiger partial charge in [0.2, 0.25) is 0 Å². The first kappa shape index (κ1) is 15.3. The highest BCUT2D eigenvalue weighted by molar-refractivity contribution is 6.03. The van der Waals surface area contributed by atoms with E-state index in [1.165, 1.54) is 36.7 Å². The maximum atomic E-state index is 12.2. The smallest absolute Gasteiger partial charge is 0.269 e. The fourth-order valence-electron chi connectivity index (χ4n) is 2.05. The number of nitro benzene ring substituents is 1. The van der Waals surface area contributed by atoms with Crippen molar-refractivity contribution in [1.82, 2.24) is 9.97 Å². The van der Waals surface area contributed by atoms with Crippen molar-refractivity contribution in [2.75, 3.05) is 5.32 Å². The topological polar surface area (TPSA) is 98.0 Å². The van der Waals surface area contributed by atoms with Crippen molar-refractivity contribution in [3.63, 3.8) is 0 Å². The van der Waals surface area contributed by atoms with Crippen LogP contribution in [0.4, 0.5) is 11.4 Å². The molecule has 0 spiro atoms. The third kappa shape index (κ3) is 3.41. The molecule has 24 heavy (non-hydrogen) atoms. The van der Waals surface area contributed by atoms with Crippen LogP contribution in [0.3, 0.4) is 0 Å². The highest BCUT2D eigenvalue weighted by Gasteiger charge is 2.10. The van der Waals surface area contributed by atoms with Crippen LogP contribution in [0.1, 0.15) is 10.4 Å². The van der Waals surface area contributed by atoms with Gasteiger partial charge in [0.1, 0.15) is 0 Å². The Balaban J connectivity index is 1.72. The third-order valence-electron chi connectivity index (χ3n) is 3.28. The lowest BCUT2D eigenvalue weighted by Gasteiger charge is -2.05. The molecule has 118 valence electrons. The number of carbonyl (C=O) groups excluding carboxylic acids is 1.